The van der Waals surface area contributed by atoms with Crippen molar-refractivity contribution in [2.45, 2.75) is 38.8 Å². The van der Waals surface area contributed by atoms with E-state index in [0.29, 0.717) is 6.54 Å². The second kappa shape index (κ2) is 6.15. The van der Waals surface area contributed by atoms with Crippen molar-refractivity contribution in [2.75, 3.05) is 26.2 Å². The zero-order valence-corrected chi connectivity index (χ0v) is 11.2. The lowest BCUT2D eigenvalue weighted by atomic mass is 10.0. The number of carboxylic acid groups (broad SMARTS) is 1. The maximum Gasteiger partial charge on any atom is 0.305 e. The first-order valence-electron chi connectivity index (χ1n) is 6.24. The first kappa shape index (κ1) is 14.9. The number of carbonyl (C=O) groups is 2. The maximum absolute atomic E-state index is 12.0. The van der Waals surface area contributed by atoms with E-state index in [0.717, 1.165) is 13.1 Å². The predicted octanol–water partition coefficient (Wildman–Crippen LogP) is 0.0766. The average Bonchev–Trinajstić information content (AvgIpc) is 2.23. The minimum absolute atomic E-state index is 0.00990. The smallest absolute Gasteiger partial charge is 0.305 e. The number of nitrogens with one attached hydrogen (secondary N) is 1. The molecule has 0 aromatic heterocycles. The van der Waals surface area contributed by atoms with E-state index in [4.69, 9.17) is 9.84 Å². The highest BCUT2D eigenvalue weighted by Crippen LogP contribution is 2.15. The Hall–Kier alpha value is -1.14. The molecule has 1 unspecified atom stereocenters. The van der Waals surface area contributed by atoms with Crippen LogP contribution in [0.5, 0.6) is 0 Å². The highest BCUT2D eigenvalue weighted by molar-refractivity contribution is 5.78. The molecule has 6 nitrogen and oxygen atoms in total. The summed E-state index contributed by atoms with van der Waals surface area (Å²) in [6.07, 6.45) is -0.0433. The van der Waals surface area contributed by atoms with Crippen LogP contribution >= 0.6 is 0 Å². The van der Waals surface area contributed by atoms with E-state index in [9.17, 15) is 9.59 Å². The van der Waals surface area contributed by atoms with Gasteiger partial charge in [-0.25, -0.2) is 0 Å². The van der Waals surface area contributed by atoms with Crippen LogP contribution in [0.25, 0.3) is 0 Å². The Morgan fingerprint density at radius 1 is 1.50 bits per heavy atom. The SMILES string of the molecule is CCN(C(=O)COC1(C)CNC1)C(C)CC(=O)O. The summed E-state index contributed by atoms with van der Waals surface area (Å²) in [6, 6.07) is -0.309. The molecular formula is C12H22N2O4. The molecule has 18 heavy (non-hydrogen) atoms. The molecule has 0 aromatic rings. The standard InChI is InChI=1S/C12H22N2O4/c1-4-14(9(2)5-11(16)17)10(15)6-18-12(3)7-13-8-12/h9,13H,4-8H2,1-3H3,(H,16,17). The molecule has 1 heterocycles. The maximum atomic E-state index is 12.0. The Morgan fingerprint density at radius 2 is 2.11 bits per heavy atom. The van der Waals surface area contributed by atoms with E-state index < -0.39 is 5.97 Å². The fraction of sp³-hybridized carbons (Fsp3) is 0.833. The van der Waals surface area contributed by atoms with Crippen molar-refractivity contribution in [1.29, 1.82) is 0 Å². The molecule has 6 heteroatoms. The molecular weight excluding hydrogens is 236 g/mol. The van der Waals surface area contributed by atoms with Gasteiger partial charge in [0.25, 0.3) is 0 Å². The molecule has 0 aliphatic carbocycles. The molecule has 0 bridgehead atoms. The lowest BCUT2D eigenvalue weighted by molar-refractivity contribution is -0.149. The summed E-state index contributed by atoms with van der Waals surface area (Å²) in [5, 5.41) is 11.8. The summed E-state index contributed by atoms with van der Waals surface area (Å²) >= 11 is 0. The molecule has 0 saturated carbocycles. The Morgan fingerprint density at radius 3 is 2.50 bits per heavy atom. The van der Waals surface area contributed by atoms with Gasteiger partial charge >= 0.3 is 5.97 Å². The second-order valence-corrected chi connectivity index (χ2v) is 4.97. The van der Waals surface area contributed by atoms with Gasteiger partial charge in [0.05, 0.1) is 12.0 Å². The number of aliphatic carboxylic acids is 1. The van der Waals surface area contributed by atoms with Crippen LogP contribution in [0.4, 0.5) is 0 Å². The van der Waals surface area contributed by atoms with Crippen molar-refractivity contribution in [3.05, 3.63) is 0 Å². The zero-order chi connectivity index (χ0) is 13.8. The lowest BCUT2D eigenvalue weighted by Crippen LogP contribution is -2.60. The van der Waals surface area contributed by atoms with Gasteiger partial charge in [0.2, 0.25) is 5.91 Å². The van der Waals surface area contributed by atoms with E-state index in [2.05, 4.69) is 5.32 Å². The zero-order valence-electron chi connectivity index (χ0n) is 11.2. The minimum Gasteiger partial charge on any atom is -0.481 e. The molecule has 1 atom stereocenters. The Kier molecular flexibility index (Phi) is 5.10. The van der Waals surface area contributed by atoms with Gasteiger partial charge in [-0.1, -0.05) is 0 Å². The number of nitrogens with zero attached hydrogens (tertiary/aromatic N) is 1. The van der Waals surface area contributed by atoms with E-state index in [1.807, 2.05) is 13.8 Å². The van der Waals surface area contributed by atoms with Crippen LogP contribution in [0.2, 0.25) is 0 Å². The largest absolute Gasteiger partial charge is 0.481 e. The Balaban J connectivity index is 2.43. The van der Waals surface area contributed by atoms with Gasteiger partial charge in [0.1, 0.15) is 6.61 Å². The van der Waals surface area contributed by atoms with Crippen LogP contribution in [0, 0.1) is 0 Å². The molecule has 1 fully saturated rings. The number of hydrogen-bond donors (Lipinski definition) is 2. The lowest BCUT2D eigenvalue weighted by Gasteiger charge is -2.39. The van der Waals surface area contributed by atoms with Crippen molar-refractivity contribution in [3.63, 3.8) is 0 Å². The molecule has 1 rings (SSSR count). The number of ether oxygens (including phenoxy) is 1. The molecule has 1 aliphatic heterocycles. The first-order valence-corrected chi connectivity index (χ1v) is 6.24. The molecule has 1 aliphatic rings. The fourth-order valence-corrected chi connectivity index (χ4v) is 1.99. The van der Waals surface area contributed by atoms with E-state index in [1.165, 1.54) is 0 Å². The summed E-state index contributed by atoms with van der Waals surface area (Å²) < 4.78 is 5.56. The predicted molar refractivity (Wildman–Crippen MR) is 66.3 cm³/mol. The van der Waals surface area contributed by atoms with Gasteiger partial charge < -0.3 is 20.1 Å². The van der Waals surface area contributed by atoms with Crippen molar-refractivity contribution in [3.8, 4) is 0 Å². The van der Waals surface area contributed by atoms with Crippen molar-refractivity contribution >= 4 is 11.9 Å². The summed E-state index contributed by atoms with van der Waals surface area (Å²) in [5.74, 6) is -1.05. The molecule has 0 radical (unpaired) electrons. The Bertz CT molecular complexity index is 315. The number of carbonyl (C=O) groups excluding carboxylic acids is 1. The summed E-state index contributed by atoms with van der Waals surface area (Å²) in [4.78, 5) is 24.2. The van der Waals surface area contributed by atoms with Crippen LogP contribution in [0.3, 0.4) is 0 Å². The number of rotatable bonds is 7. The Labute approximate surface area is 107 Å². The average molecular weight is 258 g/mol. The number of hydrogen-bond acceptors (Lipinski definition) is 4. The molecule has 1 saturated heterocycles. The van der Waals surface area contributed by atoms with Crippen LogP contribution in [0.15, 0.2) is 0 Å². The number of carboxylic acids is 1. The monoisotopic (exact) mass is 258 g/mol. The topological polar surface area (TPSA) is 78.9 Å². The fourth-order valence-electron chi connectivity index (χ4n) is 1.99. The van der Waals surface area contributed by atoms with Gasteiger partial charge in [-0.15, -0.1) is 0 Å². The van der Waals surface area contributed by atoms with Gasteiger partial charge in [-0.2, -0.15) is 0 Å². The first-order chi connectivity index (χ1) is 8.38. The molecule has 0 spiro atoms. The molecule has 104 valence electrons. The summed E-state index contributed by atoms with van der Waals surface area (Å²) in [7, 11) is 0. The number of likely N-dealkylation sites (N-methyl/N-ethyl adjacent to an activating group) is 1. The van der Waals surface area contributed by atoms with E-state index in [-0.39, 0.29) is 30.6 Å². The molecule has 1 amide bonds. The normalized spacial score (nSPS) is 18.8. The molecule has 0 aromatic carbocycles. The van der Waals surface area contributed by atoms with Crippen molar-refractivity contribution < 1.29 is 19.4 Å². The van der Waals surface area contributed by atoms with E-state index >= 15 is 0 Å². The van der Waals surface area contributed by atoms with Crippen molar-refractivity contribution in [2.24, 2.45) is 0 Å². The third-order valence-electron chi connectivity index (χ3n) is 3.21. The molecule has 2 N–H and O–H groups in total. The van der Waals surface area contributed by atoms with Gasteiger partial charge in [0.15, 0.2) is 0 Å². The third kappa shape index (κ3) is 3.96. The van der Waals surface area contributed by atoms with E-state index in [1.54, 1.807) is 11.8 Å². The van der Waals surface area contributed by atoms with Gasteiger partial charge in [-0.3, -0.25) is 9.59 Å². The van der Waals surface area contributed by atoms with Crippen LogP contribution in [0.1, 0.15) is 27.2 Å². The van der Waals surface area contributed by atoms with Crippen LogP contribution in [-0.4, -0.2) is 59.8 Å². The highest BCUT2D eigenvalue weighted by Gasteiger charge is 2.33. The second-order valence-electron chi connectivity index (χ2n) is 4.97. The third-order valence-corrected chi connectivity index (χ3v) is 3.21. The van der Waals surface area contributed by atoms with Gasteiger partial charge in [-0.05, 0) is 20.8 Å². The summed E-state index contributed by atoms with van der Waals surface area (Å²) in [6.45, 7) is 7.52. The van der Waals surface area contributed by atoms with Crippen LogP contribution in [-0.2, 0) is 14.3 Å². The quantitative estimate of drug-likeness (QED) is 0.676. The van der Waals surface area contributed by atoms with Crippen molar-refractivity contribution in [1.82, 2.24) is 10.2 Å². The highest BCUT2D eigenvalue weighted by atomic mass is 16.5. The van der Waals surface area contributed by atoms with Crippen LogP contribution < -0.4 is 5.32 Å². The number of amides is 1. The summed E-state index contributed by atoms with van der Waals surface area (Å²) in [5.41, 5.74) is -0.259. The van der Waals surface area contributed by atoms with Gasteiger partial charge in [0, 0.05) is 25.7 Å². The minimum atomic E-state index is -0.898.